The quantitative estimate of drug-likeness (QED) is 0.340. The summed E-state index contributed by atoms with van der Waals surface area (Å²) in [4.78, 5) is 34.6. The van der Waals surface area contributed by atoms with Crippen LogP contribution in [0.2, 0.25) is 0 Å². The van der Waals surface area contributed by atoms with Gasteiger partial charge < -0.3 is 18.9 Å². The first-order valence-electron chi connectivity index (χ1n) is 9.32. The summed E-state index contributed by atoms with van der Waals surface area (Å²) in [5.41, 5.74) is 0.748. The third-order valence-corrected chi connectivity index (χ3v) is 3.94. The van der Waals surface area contributed by atoms with Crippen LogP contribution in [0.3, 0.4) is 0 Å². The molecule has 7 nitrogen and oxygen atoms in total. The Balaban J connectivity index is 1.76. The van der Waals surface area contributed by atoms with Crippen molar-refractivity contribution in [2.24, 2.45) is 0 Å². The number of ether oxygens (including phenoxy) is 4. The van der Waals surface area contributed by atoms with Gasteiger partial charge in [-0.15, -0.1) is 0 Å². The van der Waals surface area contributed by atoms with Crippen LogP contribution < -0.4 is 9.47 Å². The SMILES string of the molecule is CCC(=O)OCCCCOc1ccc(C(=O)Oc2ccc(C(=O)OC)cc2)cc1. The summed E-state index contributed by atoms with van der Waals surface area (Å²) >= 11 is 0. The fourth-order valence-corrected chi connectivity index (χ4v) is 2.31. The molecule has 0 N–H and O–H groups in total. The van der Waals surface area contributed by atoms with Crippen LogP contribution in [0, 0.1) is 0 Å². The van der Waals surface area contributed by atoms with Crippen LogP contribution in [0.1, 0.15) is 46.9 Å². The van der Waals surface area contributed by atoms with Gasteiger partial charge in [0.25, 0.3) is 0 Å². The molecule has 7 heteroatoms. The van der Waals surface area contributed by atoms with Crippen LogP contribution in [0.4, 0.5) is 0 Å². The molecular formula is C22H24O7. The van der Waals surface area contributed by atoms with Crippen molar-refractivity contribution in [2.75, 3.05) is 20.3 Å². The van der Waals surface area contributed by atoms with Crippen molar-refractivity contribution >= 4 is 17.9 Å². The maximum Gasteiger partial charge on any atom is 0.343 e. The minimum absolute atomic E-state index is 0.201. The summed E-state index contributed by atoms with van der Waals surface area (Å²) in [6.45, 7) is 2.63. The Morgan fingerprint density at radius 2 is 1.31 bits per heavy atom. The van der Waals surface area contributed by atoms with Gasteiger partial charge in [-0.3, -0.25) is 4.79 Å². The van der Waals surface area contributed by atoms with Gasteiger partial charge in [-0.05, 0) is 61.4 Å². The third-order valence-electron chi connectivity index (χ3n) is 3.94. The standard InChI is InChI=1S/C22H24O7/c1-3-20(23)28-15-5-4-14-27-18-10-6-17(7-11-18)22(25)29-19-12-8-16(9-13-19)21(24)26-2/h6-13H,3-5,14-15H2,1-2H3. The van der Waals surface area contributed by atoms with E-state index in [4.69, 9.17) is 14.2 Å². The summed E-state index contributed by atoms with van der Waals surface area (Å²) in [5, 5.41) is 0. The zero-order chi connectivity index (χ0) is 21.1. The lowest BCUT2D eigenvalue weighted by Gasteiger charge is -2.08. The minimum Gasteiger partial charge on any atom is -0.494 e. The Hall–Kier alpha value is -3.35. The molecule has 0 saturated carbocycles. The molecule has 0 heterocycles. The molecule has 0 atom stereocenters. The highest BCUT2D eigenvalue weighted by atomic mass is 16.5. The Kier molecular flexibility index (Phi) is 8.69. The lowest BCUT2D eigenvalue weighted by Crippen LogP contribution is -2.09. The molecule has 2 aromatic rings. The highest BCUT2D eigenvalue weighted by Crippen LogP contribution is 2.17. The van der Waals surface area contributed by atoms with Crippen LogP contribution in [0.15, 0.2) is 48.5 Å². The zero-order valence-electron chi connectivity index (χ0n) is 16.5. The highest BCUT2D eigenvalue weighted by molar-refractivity contribution is 5.92. The van der Waals surface area contributed by atoms with Gasteiger partial charge in [0, 0.05) is 6.42 Å². The maximum atomic E-state index is 12.2. The molecule has 0 spiro atoms. The van der Waals surface area contributed by atoms with E-state index >= 15 is 0 Å². The molecule has 0 fully saturated rings. The van der Waals surface area contributed by atoms with Crippen LogP contribution in [-0.2, 0) is 14.3 Å². The van der Waals surface area contributed by atoms with Crippen molar-refractivity contribution in [1.82, 2.24) is 0 Å². The summed E-state index contributed by atoms with van der Waals surface area (Å²) in [6, 6.07) is 12.7. The van der Waals surface area contributed by atoms with Crippen molar-refractivity contribution in [3.8, 4) is 11.5 Å². The van der Waals surface area contributed by atoms with Crippen LogP contribution in [-0.4, -0.2) is 38.2 Å². The number of benzene rings is 2. The average molecular weight is 400 g/mol. The van der Waals surface area contributed by atoms with Gasteiger partial charge in [-0.2, -0.15) is 0 Å². The van der Waals surface area contributed by atoms with E-state index in [0.717, 1.165) is 12.8 Å². The number of esters is 3. The topological polar surface area (TPSA) is 88.1 Å². The summed E-state index contributed by atoms with van der Waals surface area (Å²) in [6.07, 6.45) is 1.86. The van der Waals surface area contributed by atoms with Crippen LogP contribution in [0.25, 0.3) is 0 Å². The second kappa shape index (κ2) is 11.5. The lowest BCUT2D eigenvalue weighted by molar-refractivity contribution is -0.143. The lowest BCUT2D eigenvalue weighted by atomic mass is 10.2. The molecule has 0 aliphatic heterocycles. The van der Waals surface area contributed by atoms with Gasteiger partial charge >= 0.3 is 17.9 Å². The van der Waals surface area contributed by atoms with E-state index in [1.54, 1.807) is 31.2 Å². The highest BCUT2D eigenvalue weighted by Gasteiger charge is 2.10. The van der Waals surface area contributed by atoms with Crippen molar-refractivity contribution in [3.63, 3.8) is 0 Å². The van der Waals surface area contributed by atoms with Crippen LogP contribution in [0.5, 0.6) is 11.5 Å². The van der Waals surface area contributed by atoms with E-state index in [-0.39, 0.29) is 5.97 Å². The van der Waals surface area contributed by atoms with E-state index < -0.39 is 11.9 Å². The molecule has 0 amide bonds. The van der Waals surface area contributed by atoms with Crippen molar-refractivity contribution in [1.29, 1.82) is 0 Å². The second-order valence-electron chi connectivity index (χ2n) is 6.06. The molecule has 2 aromatic carbocycles. The Labute approximate surface area is 169 Å². The summed E-state index contributed by atoms with van der Waals surface area (Å²) in [5.74, 6) is -0.213. The third kappa shape index (κ3) is 7.29. The van der Waals surface area contributed by atoms with E-state index in [1.165, 1.54) is 31.4 Å². The van der Waals surface area contributed by atoms with Gasteiger partial charge in [0.1, 0.15) is 11.5 Å². The van der Waals surface area contributed by atoms with Crippen molar-refractivity contribution in [2.45, 2.75) is 26.2 Å². The molecule has 154 valence electrons. The van der Waals surface area contributed by atoms with Crippen molar-refractivity contribution < 1.29 is 33.3 Å². The second-order valence-corrected chi connectivity index (χ2v) is 6.06. The molecule has 0 unspecified atom stereocenters. The molecule has 0 aliphatic rings. The number of unbranched alkanes of at least 4 members (excludes halogenated alkanes) is 1. The van der Waals surface area contributed by atoms with E-state index in [2.05, 4.69) is 4.74 Å². The summed E-state index contributed by atoms with van der Waals surface area (Å²) < 4.78 is 20.5. The molecule has 0 radical (unpaired) electrons. The normalized spacial score (nSPS) is 10.1. The van der Waals surface area contributed by atoms with Gasteiger partial charge in [0.2, 0.25) is 0 Å². The first-order valence-corrected chi connectivity index (χ1v) is 9.32. The van der Waals surface area contributed by atoms with E-state index in [1.807, 2.05) is 0 Å². The minimum atomic E-state index is -0.514. The Bertz CT molecular complexity index is 810. The number of hydrogen-bond donors (Lipinski definition) is 0. The Morgan fingerprint density at radius 1 is 0.759 bits per heavy atom. The fraction of sp³-hybridized carbons (Fsp3) is 0.318. The molecule has 0 saturated heterocycles. The monoisotopic (exact) mass is 400 g/mol. The molecule has 0 aliphatic carbocycles. The Morgan fingerprint density at radius 3 is 1.90 bits per heavy atom. The fourth-order valence-electron chi connectivity index (χ4n) is 2.31. The smallest absolute Gasteiger partial charge is 0.343 e. The van der Waals surface area contributed by atoms with Gasteiger partial charge in [-0.1, -0.05) is 6.92 Å². The molecule has 0 aromatic heterocycles. The maximum absolute atomic E-state index is 12.2. The predicted molar refractivity (Wildman–Crippen MR) is 105 cm³/mol. The predicted octanol–water partition coefficient (Wildman–Crippen LogP) is 3.80. The van der Waals surface area contributed by atoms with Gasteiger partial charge in [0.15, 0.2) is 0 Å². The number of carbonyl (C=O) groups is 3. The van der Waals surface area contributed by atoms with Crippen molar-refractivity contribution in [3.05, 3.63) is 59.7 Å². The van der Waals surface area contributed by atoms with Crippen LogP contribution >= 0.6 is 0 Å². The van der Waals surface area contributed by atoms with E-state index in [0.29, 0.717) is 42.3 Å². The molecule has 29 heavy (non-hydrogen) atoms. The van der Waals surface area contributed by atoms with Gasteiger partial charge in [0.05, 0.1) is 31.5 Å². The zero-order valence-corrected chi connectivity index (χ0v) is 16.5. The van der Waals surface area contributed by atoms with E-state index in [9.17, 15) is 14.4 Å². The number of carbonyl (C=O) groups excluding carboxylic acids is 3. The first-order chi connectivity index (χ1) is 14.0. The number of hydrogen-bond acceptors (Lipinski definition) is 7. The molecule has 2 rings (SSSR count). The van der Waals surface area contributed by atoms with Gasteiger partial charge in [-0.25, -0.2) is 9.59 Å². The number of methoxy groups -OCH3 is 1. The molecular weight excluding hydrogens is 376 g/mol. The first kappa shape index (κ1) is 21.9. The average Bonchev–Trinajstić information content (AvgIpc) is 2.76. The number of rotatable bonds is 10. The largest absolute Gasteiger partial charge is 0.494 e. The summed E-state index contributed by atoms with van der Waals surface area (Å²) in [7, 11) is 1.30. The molecule has 0 bridgehead atoms.